The molecule has 0 radical (unpaired) electrons. The van der Waals surface area contributed by atoms with E-state index in [9.17, 15) is 0 Å². The van der Waals surface area contributed by atoms with Gasteiger partial charge in [0.1, 0.15) is 6.17 Å². The topological polar surface area (TPSA) is 28.2 Å². The van der Waals surface area contributed by atoms with Crippen LogP contribution in [0.4, 0.5) is 17.1 Å². The predicted octanol–water partition coefficient (Wildman–Crippen LogP) is 7.54. The highest BCUT2D eigenvalue weighted by atomic mass is 79.9. The number of benzene rings is 3. The zero-order valence-corrected chi connectivity index (χ0v) is 18.6. The molecule has 0 fully saturated rings. The maximum atomic E-state index is 4.70. The number of nitrogens with one attached hydrogen (secondary N) is 1. The number of fused-ring (bicyclic) bond motifs is 1. The first-order valence-electron chi connectivity index (χ1n) is 9.32. The molecule has 5 heteroatoms. The van der Waals surface area contributed by atoms with Crippen LogP contribution in [0.5, 0.6) is 0 Å². The minimum Gasteiger partial charge on any atom is -0.358 e. The molecule has 29 heavy (non-hydrogen) atoms. The van der Waals surface area contributed by atoms with Gasteiger partial charge in [0.05, 0.1) is 17.1 Å². The molecule has 1 aromatic heterocycles. The monoisotopic (exact) mass is 505 g/mol. The van der Waals surface area contributed by atoms with Gasteiger partial charge in [-0.1, -0.05) is 80.4 Å². The third kappa shape index (κ3) is 3.45. The second-order valence-electron chi connectivity index (χ2n) is 6.87. The zero-order valence-electron chi connectivity index (χ0n) is 15.4. The Morgan fingerprint density at radius 1 is 0.793 bits per heavy atom. The van der Waals surface area contributed by atoms with Gasteiger partial charge < -0.3 is 10.2 Å². The molecule has 0 saturated heterocycles. The normalized spacial score (nSPS) is 15.1. The van der Waals surface area contributed by atoms with E-state index in [1.165, 1.54) is 0 Å². The van der Waals surface area contributed by atoms with E-state index in [0.29, 0.717) is 0 Å². The van der Waals surface area contributed by atoms with Crippen molar-refractivity contribution in [1.82, 2.24) is 4.98 Å². The lowest BCUT2D eigenvalue weighted by atomic mass is 10.1. The summed E-state index contributed by atoms with van der Waals surface area (Å²) in [6, 6.07) is 29.2. The number of hydrogen-bond acceptors (Lipinski definition) is 3. The summed E-state index contributed by atoms with van der Waals surface area (Å²) >= 11 is 7.27. The molecule has 3 nitrogen and oxygen atoms in total. The Morgan fingerprint density at radius 3 is 2.14 bits per heavy atom. The predicted molar refractivity (Wildman–Crippen MR) is 126 cm³/mol. The molecule has 1 unspecified atom stereocenters. The van der Waals surface area contributed by atoms with E-state index in [1.807, 2.05) is 30.5 Å². The molecule has 0 saturated carbocycles. The third-order valence-corrected chi connectivity index (χ3v) is 5.93. The fourth-order valence-corrected chi connectivity index (χ4v) is 5.12. The number of rotatable bonds is 3. The summed E-state index contributed by atoms with van der Waals surface area (Å²) in [5.74, 6) is 0. The van der Waals surface area contributed by atoms with Gasteiger partial charge in [-0.3, -0.25) is 4.98 Å². The van der Waals surface area contributed by atoms with Crippen LogP contribution in [-0.4, -0.2) is 4.98 Å². The van der Waals surface area contributed by atoms with Crippen LogP contribution < -0.4 is 10.2 Å². The van der Waals surface area contributed by atoms with Crippen molar-refractivity contribution in [2.45, 2.75) is 6.17 Å². The molecule has 1 atom stereocenters. The summed E-state index contributed by atoms with van der Waals surface area (Å²) in [5.41, 5.74) is 6.51. The standard InChI is InChI=1S/C24H17Br2N3/c25-18-13-17(14-19(26)15-18)24-28-23-21(29(24)20-9-5-2-6-10-20)11-12-27-22(23)16-7-3-1-4-8-16/h1-15,24,28H. The number of halogens is 2. The van der Waals surface area contributed by atoms with Crippen LogP contribution in [0.25, 0.3) is 11.3 Å². The van der Waals surface area contributed by atoms with E-state index in [0.717, 1.165) is 42.8 Å². The Kier molecular flexibility index (Phi) is 4.86. The van der Waals surface area contributed by atoms with Crippen molar-refractivity contribution in [3.8, 4) is 11.3 Å². The van der Waals surface area contributed by atoms with E-state index in [-0.39, 0.29) is 6.17 Å². The van der Waals surface area contributed by atoms with Crippen molar-refractivity contribution >= 4 is 48.9 Å². The molecule has 0 amide bonds. The maximum absolute atomic E-state index is 4.70. The lowest BCUT2D eigenvalue weighted by Crippen LogP contribution is -2.23. The first kappa shape index (κ1) is 18.4. The summed E-state index contributed by atoms with van der Waals surface area (Å²) in [5, 5.41) is 3.74. The SMILES string of the molecule is Brc1cc(Br)cc(C2Nc3c(ccnc3-c3ccccc3)N2c2ccccc2)c1. The van der Waals surface area contributed by atoms with Crippen LogP contribution in [0.2, 0.25) is 0 Å². The molecular formula is C24H17Br2N3. The number of aromatic nitrogens is 1. The van der Waals surface area contributed by atoms with Crippen LogP contribution in [0.15, 0.2) is 100 Å². The summed E-state index contributed by atoms with van der Waals surface area (Å²) in [6.45, 7) is 0. The zero-order chi connectivity index (χ0) is 19.8. The first-order chi connectivity index (χ1) is 14.2. The van der Waals surface area contributed by atoms with Gasteiger partial charge >= 0.3 is 0 Å². The number of nitrogens with zero attached hydrogens (tertiary/aromatic N) is 2. The molecule has 0 bridgehead atoms. The highest BCUT2D eigenvalue weighted by Crippen LogP contribution is 2.49. The minimum absolute atomic E-state index is 0.0483. The lowest BCUT2D eigenvalue weighted by molar-refractivity contribution is 0.827. The molecule has 1 aliphatic heterocycles. The van der Waals surface area contributed by atoms with E-state index >= 15 is 0 Å². The van der Waals surface area contributed by atoms with Crippen molar-refractivity contribution < 1.29 is 0 Å². The molecule has 4 aromatic rings. The van der Waals surface area contributed by atoms with Crippen molar-refractivity contribution in [1.29, 1.82) is 0 Å². The van der Waals surface area contributed by atoms with Crippen molar-refractivity contribution in [3.63, 3.8) is 0 Å². The highest BCUT2D eigenvalue weighted by molar-refractivity contribution is 9.11. The van der Waals surface area contributed by atoms with E-state index in [2.05, 4.69) is 103 Å². The Labute approximate surface area is 186 Å². The third-order valence-electron chi connectivity index (χ3n) is 5.01. The summed E-state index contributed by atoms with van der Waals surface area (Å²) < 4.78 is 2.07. The van der Waals surface area contributed by atoms with Crippen molar-refractivity contribution in [2.75, 3.05) is 10.2 Å². The first-order valence-corrected chi connectivity index (χ1v) is 10.9. The van der Waals surface area contributed by atoms with Crippen LogP contribution in [0, 0.1) is 0 Å². The van der Waals surface area contributed by atoms with E-state index in [4.69, 9.17) is 4.98 Å². The van der Waals surface area contributed by atoms with Gasteiger partial charge in [-0.05, 0) is 42.0 Å². The number of para-hydroxylation sites is 1. The van der Waals surface area contributed by atoms with E-state index in [1.54, 1.807) is 0 Å². The van der Waals surface area contributed by atoms with Gasteiger partial charge in [-0.15, -0.1) is 0 Å². The van der Waals surface area contributed by atoms with Gasteiger partial charge in [0, 0.05) is 26.4 Å². The fourth-order valence-electron chi connectivity index (χ4n) is 3.79. The van der Waals surface area contributed by atoms with Gasteiger partial charge in [-0.2, -0.15) is 0 Å². The second-order valence-corrected chi connectivity index (χ2v) is 8.71. The molecule has 142 valence electrons. The average molecular weight is 507 g/mol. The fraction of sp³-hybridized carbons (Fsp3) is 0.0417. The molecule has 1 N–H and O–H groups in total. The van der Waals surface area contributed by atoms with E-state index < -0.39 is 0 Å². The molecule has 0 spiro atoms. The van der Waals surface area contributed by atoms with Gasteiger partial charge in [-0.25, -0.2) is 0 Å². The van der Waals surface area contributed by atoms with Gasteiger partial charge in [0.25, 0.3) is 0 Å². The van der Waals surface area contributed by atoms with Crippen LogP contribution in [0.3, 0.4) is 0 Å². The number of anilines is 3. The molecule has 2 heterocycles. The Morgan fingerprint density at radius 2 is 1.45 bits per heavy atom. The van der Waals surface area contributed by atoms with Gasteiger partial charge in [0.2, 0.25) is 0 Å². The van der Waals surface area contributed by atoms with Crippen LogP contribution in [0.1, 0.15) is 11.7 Å². The number of hydrogen-bond donors (Lipinski definition) is 1. The molecule has 1 aliphatic rings. The second kappa shape index (κ2) is 7.65. The Balaban J connectivity index is 1.70. The average Bonchev–Trinajstić information content (AvgIpc) is 3.14. The quantitative estimate of drug-likeness (QED) is 0.311. The molecule has 3 aromatic carbocycles. The Bertz CT molecular complexity index is 1140. The van der Waals surface area contributed by atoms with Crippen LogP contribution in [-0.2, 0) is 0 Å². The summed E-state index contributed by atoms with van der Waals surface area (Å²) in [7, 11) is 0. The van der Waals surface area contributed by atoms with Crippen LogP contribution >= 0.6 is 31.9 Å². The molecule has 5 rings (SSSR count). The Hall–Kier alpha value is -2.63. The molecular weight excluding hydrogens is 490 g/mol. The largest absolute Gasteiger partial charge is 0.358 e. The highest BCUT2D eigenvalue weighted by Gasteiger charge is 2.33. The number of pyridine rings is 1. The van der Waals surface area contributed by atoms with Gasteiger partial charge in [0.15, 0.2) is 0 Å². The smallest absolute Gasteiger partial charge is 0.130 e. The lowest BCUT2D eigenvalue weighted by Gasteiger charge is -2.27. The summed E-state index contributed by atoms with van der Waals surface area (Å²) in [4.78, 5) is 7.04. The summed E-state index contributed by atoms with van der Waals surface area (Å²) in [6.07, 6.45) is 1.84. The molecule has 0 aliphatic carbocycles. The van der Waals surface area contributed by atoms with Crippen molar-refractivity contribution in [3.05, 3.63) is 106 Å². The minimum atomic E-state index is -0.0483. The van der Waals surface area contributed by atoms with Crippen molar-refractivity contribution in [2.24, 2.45) is 0 Å². The maximum Gasteiger partial charge on any atom is 0.130 e.